The maximum absolute atomic E-state index is 12.8. The van der Waals surface area contributed by atoms with E-state index < -0.39 is 23.5 Å². The van der Waals surface area contributed by atoms with Crippen LogP contribution in [0.3, 0.4) is 0 Å². The maximum atomic E-state index is 12.8. The van der Waals surface area contributed by atoms with E-state index in [0.717, 1.165) is 32.1 Å². The molecule has 3 amide bonds. The molecule has 2 aliphatic heterocycles. The number of fused-ring (bicyclic) bond motifs is 2. The Morgan fingerprint density at radius 1 is 1.17 bits per heavy atom. The highest BCUT2D eigenvalue weighted by molar-refractivity contribution is 7.59. The second kappa shape index (κ2) is 13.6. The summed E-state index contributed by atoms with van der Waals surface area (Å²) < 4.78 is 0. The minimum absolute atomic E-state index is 0. The van der Waals surface area contributed by atoms with Crippen LogP contribution < -0.4 is 16.8 Å². The van der Waals surface area contributed by atoms with Crippen LogP contribution in [0.5, 0.6) is 0 Å². The van der Waals surface area contributed by atoms with Crippen LogP contribution in [0.1, 0.15) is 70.9 Å². The lowest BCUT2D eigenvalue weighted by atomic mass is 10.1. The first-order valence-corrected chi connectivity index (χ1v) is 10.3. The number of carbonyl (C=O) groups excluding carboxylic acids is 3. The molecule has 2 heterocycles. The predicted molar refractivity (Wildman–Crippen MR) is 131 cm³/mol. The summed E-state index contributed by atoms with van der Waals surface area (Å²) in [5.41, 5.74) is 10.6. The van der Waals surface area contributed by atoms with Gasteiger partial charge >= 0.3 is 0 Å². The standard InChI is InChI=1S/C18H28N4O3.C2H6.2H2O.H2S.4H2/c19-13-8-5-3-1-2-4-7-12-11-18(12,17(20)25)21-15(23)14-9-6-10-22(14)16(13)24;1-2;;;;;;;/h4,7,12-14H,1-3,5-6,8-11,19H2,(H2,20,25)(H,21,23);1-2H3;3*1H2;4*1H/b7-4-;;;;;;;;/t12-,13+,14+,18-;;;;;;;;/m1......../s1. The Kier molecular flexibility index (Phi) is 13.9. The van der Waals surface area contributed by atoms with Crippen molar-refractivity contribution in [3.63, 3.8) is 0 Å². The van der Waals surface area contributed by atoms with Gasteiger partial charge in [0, 0.05) is 18.2 Å². The first-order valence-electron chi connectivity index (χ1n) is 10.3. The molecule has 0 radical (unpaired) electrons. The maximum Gasteiger partial charge on any atom is 0.243 e. The van der Waals surface area contributed by atoms with Crippen molar-refractivity contribution in [2.75, 3.05) is 6.54 Å². The van der Waals surface area contributed by atoms with Gasteiger partial charge in [0.2, 0.25) is 17.7 Å². The zero-order chi connectivity index (χ0) is 20.0. The number of hydrogen-bond acceptors (Lipinski definition) is 4. The van der Waals surface area contributed by atoms with Crippen LogP contribution in [0.2, 0.25) is 0 Å². The molecule has 4 atom stereocenters. The van der Waals surface area contributed by atoms with E-state index in [-0.39, 0.29) is 47.9 Å². The van der Waals surface area contributed by atoms with Gasteiger partial charge in [-0.3, -0.25) is 14.4 Å². The molecule has 0 aromatic rings. The fourth-order valence-corrected chi connectivity index (χ4v) is 4.02. The molecule has 0 unspecified atom stereocenters. The molecule has 9 N–H and O–H groups in total. The van der Waals surface area contributed by atoms with Crippen LogP contribution in [0.15, 0.2) is 12.2 Å². The molecular weight excluding hydrogens is 408 g/mol. The first kappa shape index (κ1) is 30.6. The van der Waals surface area contributed by atoms with Crippen LogP contribution in [0.25, 0.3) is 0 Å². The van der Waals surface area contributed by atoms with Crippen LogP contribution in [0, 0.1) is 5.92 Å². The number of amides is 3. The van der Waals surface area contributed by atoms with Gasteiger partial charge in [-0.05, 0) is 38.5 Å². The van der Waals surface area contributed by atoms with Gasteiger partial charge in [-0.2, -0.15) is 13.5 Å². The summed E-state index contributed by atoms with van der Waals surface area (Å²) in [7, 11) is 0. The monoisotopic (exact) mass is 456 g/mol. The summed E-state index contributed by atoms with van der Waals surface area (Å²) in [6.45, 7) is 4.54. The smallest absolute Gasteiger partial charge is 0.243 e. The predicted octanol–water partition coefficient (Wildman–Crippen LogP) is 0.659. The highest BCUT2D eigenvalue weighted by Gasteiger charge is 2.59. The van der Waals surface area contributed by atoms with Gasteiger partial charge in [0.05, 0.1) is 6.04 Å². The van der Waals surface area contributed by atoms with Crippen molar-refractivity contribution in [1.82, 2.24) is 10.2 Å². The number of nitrogens with two attached hydrogens (primary N) is 2. The van der Waals surface area contributed by atoms with Gasteiger partial charge in [-0.15, -0.1) is 0 Å². The first-order chi connectivity index (χ1) is 13.0. The highest BCUT2D eigenvalue weighted by Crippen LogP contribution is 2.45. The second-order valence-electron chi connectivity index (χ2n) is 7.50. The van der Waals surface area contributed by atoms with Crippen LogP contribution in [-0.4, -0.2) is 57.7 Å². The Labute approximate surface area is 192 Å². The zero-order valence-corrected chi connectivity index (χ0v) is 19.1. The summed E-state index contributed by atoms with van der Waals surface area (Å²) in [5, 5.41) is 2.84. The van der Waals surface area contributed by atoms with E-state index in [1.54, 1.807) is 4.90 Å². The molecule has 1 saturated carbocycles. The topological polar surface area (TPSA) is 182 Å². The molecule has 0 bridgehead atoms. The third-order valence-corrected chi connectivity index (χ3v) is 5.71. The lowest BCUT2D eigenvalue weighted by molar-refractivity contribution is -0.140. The van der Waals surface area contributed by atoms with Crippen LogP contribution in [-0.2, 0) is 14.4 Å². The minimum atomic E-state index is -0.993. The number of carbonyl (C=O) groups is 3. The molecule has 9 nitrogen and oxygen atoms in total. The van der Waals surface area contributed by atoms with Crippen molar-refractivity contribution >= 4 is 31.2 Å². The fraction of sp³-hybridized carbons (Fsp3) is 0.750. The summed E-state index contributed by atoms with van der Waals surface area (Å²) in [6, 6.07) is -1.11. The van der Waals surface area contributed by atoms with Crippen LogP contribution >= 0.6 is 13.5 Å². The third-order valence-electron chi connectivity index (χ3n) is 5.71. The molecule has 0 spiro atoms. The zero-order valence-electron chi connectivity index (χ0n) is 18.1. The molecule has 30 heavy (non-hydrogen) atoms. The quantitative estimate of drug-likeness (QED) is 0.490. The number of hydrogen-bond donors (Lipinski definition) is 3. The average molecular weight is 457 g/mol. The number of nitrogens with zero attached hydrogens (tertiary/aromatic N) is 1. The van der Waals surface area contributed by atoms with Crippen molar-refractivity contribution in [3.8, 4) is 0 Å². The number of nitrogens with one attached hydrogen (secondary N) is 1. The Morgan fingerprint density at radius 3 is 2.47 bits per heavy atom. The van der Waals surface area contributed by atoms with Crippen molar-refractivity contribution in [3.05, 3.63) is 12.2 Å². The fourth-order valence-electron chi connectivity index (χ4n) is 4.02. The second-order valence-corrected chi connectivity index (χ2v) is 7.50. The molecule has 1 saturated heterocycles. The van der Waals surface area contributed by atoms with E-state index in [1.807, 2.05) is 19.9 Å². The molecule has 2 fully saturated rings. The summed E-state index contributed by atoms with van der Waals surface area (Å²) in [4.78, 5) is 38.9. The average Bonchev–Trinajstić information content (AvgIpc) is 3.13. The van der Waals surface area contributed by atoms with Gasteiger partial charge in [0.1, 0.15) is 11.6 Å². The van der Waals surface area contributed by atoms with Gasteiger partial charge in [-0.25, -0.2) is 0 Å². The van der Waals surface area contributed by atoms with E-state index in [0.29, 0.717) is 25.8 Å². The molecular formula is C20H48N4O5S. The highest BCUT2D eigenvalue weighted by atomic mass is 32.1. The molecule has 3 rings (SSSR count). The lowest BCUT2D eigenvalue weighted by Crippen LogP contribution is -2.56. The van der Waals surface area contributed by atoms with Gasteiger partial charge < -0.3 is 32.6 Å². The third kappa shape index (κ3) is 6.69. The molecule has 10 heteroatoms. The minimum Gasteiger partial charge on any atom is -0.412 e. The molecule has 0 aromatic carbocycles. The lowest BCUT2D eigenvalue weighted by Gasteiger charge is -2.28. The van der Waals surface area contributed by atoms with Crippen molar-refractivity contribution in [2.24, 2.45) is 17.4 Å². The van der Waals surface area contributed by atoms with Crippen LogP contribution in [0.4, 0.5) is 0 Å². The SMILES string of the molecule is CC.NC(=O)[C@@]12C[C@H]1/C=C\CCCCC[C@H](N)C(=O)N1CCC[C@H]1C(=O)N2.O.O.S.[HH].[HH].[HH].[HH]. The largest absolute Gasteiger partial charge is 0.412 e. The van der Waals surface area contributed by atoms with E-state index in [9.17, 15) is 14.4 Å². The molecule has 0 aromatic heterocycles. The van der Waals surface area contributed by atoms with Crippen molar-refractivity contribution < 1.29 is 31.0 Å². The normalized spacial score (nSPS) is 31.8. The van der Waals surface area contributed by atoms with E-state index in [4.69, 9.17) is 11.5 Å². The van der Waals surface area contributed by atoms with Gasteiger partial charge in [0.25, 0.3) is 0 Å². The van der Waals surface area contributed by atoms with Gasteiger partial charge in [-0.1, -0.05) is 38.8 Å². The Hall–Kier alpha value is -1.62. The number of primary amides is 1. The summed E-state index contributed by atoms with van der Waals surface area (Å²) >= 11 is 0. The van der Waals surface area contributed by atoms with E-state index in [2.05, 4.69) is 11.4 Å². The summed E-state index contributed by atoms with van der Waals surface area (Å²) in [6.07, 6.45) is 10.4. The van der Waals surface area contributed by atoms with Gasteiger partial charge in [0.15, 0.2) is 0 Å². The molecule has 1 aliphatic carbocycles. The Bertz CT molecular complexity index is 622. The van der Waals surface area contributed by atoms with E-state index in [1.165, 1.54) is 0 Å². The van der Waals surface area contributed by atoms with Crippen molar-refractivity contribution in [1.29, 1.82) is 0 Å². The summed E-state index contributed by atoms with van der Waals surface area (Å²) in [5.74, 6) is -1.01. The van der Waals surface area contributed by atoms with E-state index >= 15 is 0 Å². The molecule has 3 aliphatic rings. The Balaban J connectivity index is -0.000000212. The molecule has 184 valence electrons. The van der Waals surface area contributed by atoms with Crippen molar-refractivity contribution in [2.45, 2.75) is 82.8 Å². The Morgan fingerprint density at radius 2 is 1.83 bits per heavy atom. The number of allylic oxidation sites excluding steroid dienone is 1. The number of rotatable bonds is 1.